The number of nitrogens with one attached hydrogen (secondary N) is 3. The molecule has 1 aliphatic carbocycles. The van der Waals surface area contributed by atoms with E-state index in [4.69, 9.17) is 33.9 Å². The van der Waals surface area contributed by atoms with Crippen molar-refractivity contribution in [3.05, 3.63) is 118 Å². The SMILES string of the molecule is NC1=NNC2C=C(c3nc([C@H](Cc4ccccc4)NC(=O)CCc4cc(Cl)ccc4-n4cc(C(=O)O)cn4)[nH]c3Cl)C=CC12. The van der Waals surface area contributed by atoms with Crippen molar-refractivity contribution in [3.8, 4) is 5.69 Å². The standard InChI is InChI=1S/C31H28Cl2N8O3/c32-21-8-10-25(41-16-20(15-35-41)31(43)44)18(13-21)7-11-26(42)36-24(12-17-4-2-1-3-5-17)30-37-27(28(33)38-30)19-6-9-22-23(14-19)39-40-29(22)34/h1-6,8-10,13-16,22-24,39H,7,11-12H2,(H2,34,40)(H,36,42)(H,37,38)(H,43,44)/t22?,23?,24-/m0/s1. The molecule has 2 aromatic heterocycles. The van der Waals surface area contributed by atoms with E-state index >= 15 is 0 Å². The number of nitrogens with two attached hydrogens (primary N) is 1. The van der Waals surface area contributed by atoms with Crippen molar-refractivity contribution >= 4 is 46.5 Å². The van der Waals surface area contributed by atoms with Crippen LogP contribution in [0.3, 0.4) is 0 Å². The first-order valence-corrected chi connectivity index (χ1v) is 14.6. The molecule has 4 aromatic rings. The van der Waals surface area contributed by atoms with Crippen LogP contribution in [0.25, 0.3) is 11.3 Å². The van der Waals surface area contributed by atoms with Gasteiger partial charge >= 0.3 is 5.97 Å². The number of amides is 1. The quantitative estimate of drug-likeness (QED) is 0.173. The largest absolute Gasteiger partial charge is 0.478 e. The minimum absolute atomic E-state index is 0.0198. The lowest BCUT2D eigenvalue weighted by molar-refractivity contribution is -0.121. The Labute approximate surface area is 262 Å². The second-order valence-corrected chi connectivity index (χ2v) is 11.4. The van der Waals surface area contributed by atoms with Gasteiger partial charge in [-0.25, -0.2) is 14.5 Å². The Kier molecular flexibility index (Phi) is 8.23. The van der Waals surface area contributed by atoms with Crippen LogP contribution in [0.15, 0.2) is 84.3 Å². The zero-order valence-corrected chi connectivity index (χ0v) is 24.8. The Morgan fingerprint density at radius 3 is 2.75 bits per heavy atom. The molecule has 11 nitrogen and oxygen atoms in total. The number of H-pyrrole nitrogens is 1. The maximum absolute atomic E-state index is 13.4. The number of hydrogen-bond donors (Lipinski definition) is 5. The molecule has 3 atom stereocenters. The summed E-state index contributed by atoms with van der Waals surface area (Å²) in [5, 5.41) is 21.6. The number of benzene rings is 2. The molecule has 6 N–H and O–H groups in total. The number of hydrogen-bond acceptors (Lipinski definition) is 7. The normalized spacial score (nSPS) is 17.8. The maximum Gasteiger partial charge on any atom is 0.338 e. The van der Waals surface area contributed by atoms with Crippen molar-refractivity contribution in [2.45, 2.75) is 31.3 Å². The molecule has 0 radical (unpaired) electrons. The molecule has 2 unspecified atom stereocenters. The molecular weight excluding hydrogens is 603 g/mol. The monoisotopic (exact) mass is 630 g/mol. The minimum Gasteiger partial charge on any atom is -0.478 e. The minimum atomic E-state index is -1.08. The molecule has 0 saturated carbocycles. The van der Waals surface area contributed by atoms with Crippen LogP contribution in [-0.4, -0.2) is 48.6 Å². The topological polar surface area (TPSA) is 163 Å². The van der Waals surface area contributed by atoms with Gasteiger partial charge in [0.1, 0.15) is 22.5 Å². The molecule has 0 fully saturated rings. The Balaban J connectivity index is 1.21. The molecule has 0 saturated heterocycles. The van der Waals surface area contributed by atoms with Gasteiger partial charge in [0.05, 0.1) is 35.4 Å². The average molecular weight is 632 g/mol. The summed E-state index contributed by atoms with van der Waals surface area (Å²) in [7, 11) is 0. The lowest BCUT2D eigenvalue weighted by atomic mass is 9.91. The van der Waals surface area contributed by atoms with E-state index in [2.05, 4.69) is 25.9 Å². The number of amidine groups is 1. The molecule has 2 aromatic carbocycles. The number of aromatic nitrogens is 4. The van der Waals surface area contributed by atoms with Gasteiger partial charge in [-0.15, -0.1) is 0 Å². The summed E-state index contributed by atoms with van der Waals surface area (Å²) in [4.78, 5) is 32.7. The summed E-state index contributed by atoms with van der Waals surface area (Å²) in [6.07, 6.45) is 9.54. The summed E-state index contributed by atoms with van der Waals surface area (Å²) >= 11 is 12.9. The number of fused-ring (bicyclic) bond motifs is 1. The highest BCUT2D eigenvalue weighted by Gasteiger charge is 2.30. The zero-order valence-electron chi connectivity index (χ0n) is 23.2. The lowest BCUT2D eigenvalue weighted by Crippen LogP contribution is -2.31. The number of aromatic amines is 1. The number of allylic oxidation sites excluding steroid dienone is 2. The number of aryl methyl sites for hydroxylation is 1. The molecule has 44 heavy (non-hydrogen) atoms. The molecule has 3 heterocycles. The van der Waals surface area contributed by atoms with Gasteiger partial charge in [0.15, 0.2) is 0 Å². The fraction of sp³-hybridized carbons (Fsp3) is 0.194. The number of carboxylic acid groups (broad SMARTS) is 1. The number of halogens is 2. The van der Waals surface area contributed by atoms with Crippen molar-refractivity contribution in [1.29, 1.82) is 0 Å². The van der Waals surface area contributed by atoms with Gasteiger partial charge in [0, 0.05) is 23.2 Å². The van der Waals surface area contributed by atoms with Gasteiger partial charge in [-0.3, -0.25) is 4.79 Å². The van der Waals surface area contributed by atoms with E-state index in [1.54, 1.807) is 18.2 Å². The molecule has 224 valence electrons. The number of carbonyl (C=O) groups is 2. The summed E-state index contributed by atoms with van der Waals surface area (Å²) < 4.78 is 1.47. The molecule has 0 bridgehead atoms. The number of nitrogens with zero attached hydrogens (tertiary/aromatic N) is 4. The van der Waals surface area contributed by atoms with E-state index < -0.39 is 12.0 Å². The second kappa shape index (κ2) is 12.4. The fourth-order valence-corrected chi connectivity index (χ4v) is 5.75. The van der Waals surface area contributed by atoms with Crippen molar-refractivity contribution < 1.29 is 14.7 Å². The Morgan fingerprint density at radius 1 is 1.16 bits per heavy atom. The number of imidazole rings is 1. The predicted octanol–water partition coefficient (Wildman–Crippen LogP) is 4.45. The Hall–Kier alpha value is -4.87. The highest BCUT2D eigenvalue weighted by molar-refractivity contribution is 6.31. The van der Waals surface area contributed by atoms with Crippen LogP contribution in [0.2, 0.25) is 10.2 Å². The average Bonchev–Trinajstić information content (AvgIpc) is 3.75. The summed E-state index contributed by atoms with van der Waals surface area (Å²) in [5.74, 6) is -0.255. The third-order valence-electron chi connectivity index (χ3n) is 7.55. The van der Waals surface area contributed by atoms with Gasteiger partial charge in [0.2, 0.25) is 5.91 Å². The molecule has 2 aliphatic rings. The summed E-state index contributed by atoms with van der Waals surface area (Å²) in [6, 6.07) is 14.4. The van der Waals surface area contributed by atoms with Crippen LogP contribution in [0.5, 0.6) is 0 Å². The molecule has 1 aliphatic heterocycles. The van der Waals surface area contributed by atoms with Crippen LogP contribution in [0.4, 0.5) is 0 Å². The van der Waals surface area contributed by atoms with E-state index in [0.29, 0.717) is 46.1 Å². The fourth-order valence-electron chi connectivity index (χ4n) is 5.31. The first kappa shape index (κ1) is 29.2. The van der Waals surface area contributed by atoms with Crippen molar-refractivity contribution in [2.24, 2.45) is 16.8 Å². The van der Waals surface area contributed by atoms with Crippen LogP contribution < -0.4 is 16.5 Å². The number of hydrazone groups is 1. The highest BCUT2D eigenvalue weighted by Crippen LogP contribution is 2.31. The van der Waals surface area contributed by atoms with Crippen LogP contribution in [0, 0.1) is 5.92 Å². The van der Waals surface area contributed by atoms with E-state index in [9.17, 15) is 14.7 Å². The number of aromatic carboxylic acids is 1. The lowest BCUT2D eigenvalue weighted by Gasteiger charge is -2.18. The van der Waals surface area contributed by atoms with Gasteiger partial charge in [-0.05, 0) is 42.2 Å². The molecule has 6 rings (SSSR count). The van der Waals surface area contributed by atoms with Gasteiger partial charge in [-0.1, -0.05) is 71.8 Å². The van der Waals surface area contributed by atoms with Crippen molar-refractivity contribution in [3.63, 3.8) is 0 Å². The summed E-state index contributed by atoms with van der Waals surface area (Å²) in [5.41, 5.74) is 12.8. The smallest absolute Gasteiger partial charge is 0.338 e. The molecular formula is C31H28Cl2N8O3. The number of carbonyl (C=O) groups excluding carboxylic acids is 1. The van der Waals surface area contributed by atoms with E-state index in [-0.39, 0.29) is 29.9 Å². The maximum atomic E-state index is 13.4. The number of rotatable bonds is 10. The van der Waals surface area contributed by atoms with Crippen LogP contribution >= 0.6 is 23.2 Å². The first-order valence-electron chi connectivity index (χ1n) is 13.9. The van der Waals surface area contributed by atoms with E-state index in [1.807, 2.05) is 48.6 Å². The van der Waals surface area contributed by atoms with Crippen molar-refractivity contribution in [1.82, 2.24) is 30.5 Å². The van der Waals surface area contributed by atoms with E-state index in [1.165, 1.54) is 17.1 Å². The van der Waals surface area contributed by atoms with Gasteiger partial charge < -0.3 is 26.6 Å². The van der Waals surface area contributed by atoms with Crippen LogP contribution in [0.1, 0.15) is 45.5 Å². The van der Waals surface area contributed by atoms with Crippen molar-refractivity contribution in [2.75, 3.05) is 0 Å². The molecule has 0 spiro atoms. The summed E-state index contributed by atoms with van der Waals surface area (Å²) in [6.45, 7) is 0. The van der Waals surface area contributed by atoms with Gasteiger partial charge in [0.25, 0.3) is 0 Å². The first-order chi connectivity index (χ1) is 21.2. The third kappa shape index (κ3) is 6.24. The highest BCUT2D eigenvalue weighted by atomic mass is 35.5. The van der Waals surface area contributed by atoms with Crippen LogP contribution in [-0.2, 0) is 17.6 Å². The van der Waals surface area contributed by atoms with E-state index in [0.717, 1.165) is 16.7 Å². The van der Waals surface area contributed by atoms with Gasteiger partial charge in [-0.2, -0.15) is 10.2 Å². The third-order valence-corrected chi connectivity index (χ3v) is 8.06. The predicted molar refractivity (Wildman–Crippen MR) is 168 cm³/mol. The molecule has 1 amide bonds. The second-order valence-electron chi connectivity index (χ2n) is 10.5. The molecule has 13 heteroatoms. The Bertz CT molecular complexity index is 1810. The number of carboxylic acids is 1. The Morgan fingerprint density at radius 2 is 1.98 bits per heavy atom. The zero-order chi connectivity index (χ0) is 30.8.